The van der Waals surface area contributed by atoms with Crippen molar-refractivity contribution in [1.29, 1.82) is 0 Å². The maximum Gasteiger partial charge on any atom is 0.239 e. The molecule has 5 nitrogen and oxygen atoms in total. The summed E-state index contributed by atoms with van der Waals surface area (Å²) in [4.78, 5) is 0. The Balaban J connectivity index is 2.13. The van der Waals surface area contributed by atoms with Crippen molar-refractivity contribution in [1.82, 2.24) is 5.27 Å². The van der Waals surface area contributed by atoms with Gasteiger partial charge in [-0.2, -0.15) is 0 Å². The molecule has 16 heavy (non-hydrogen) atoms. The summed E-state index contributed by atoms with van der Waals surface area (Å²) in [6.45, 7) is 2.75. The topological polar surface area (TPSA) is 62.2 Å². The van der Waals surface area contributed by atoms with Crippen LogP contribution in [0.1, 0.15) is 13.3 Å². The number of hydrogen-bond acceptors (Lipinski definition) is 4. The Morgan fingerprint density at radius 1 is 1.38 bits per heavy atom. The van der Waals surface area contributed by atoms with Gasteiger partial charge in [0, 0.05) is 12.1 Å². The Morgan fingerprint density at radius 2 is 2.12 bits per heavy atom. The van der Waals surface area contributed by atoms with Gasteiger partial charge in [0.25, 0.3) is 0 Å². The molecule has 0 saturated carbocycles. The molecule has 0 N–H and O–H groups in total. The minimum atomic E-state index is -0.466. The summed E-state index contributed by atoms with van der Waals surface area (Å²) in [5.41, 5.74) is 0.759. The second-order valence-corrected chi connectivity index (χ2v) is 3.31. The van der Waals surface area contributed by atoms with Gasteiger partial charge in [0.2, 0.25) is 11.9 Å². The van der Waals surface area contributed by atoms with Gasteiger partial charge in [-0.25, -0.2) is 0 Å². The highest BCUT2D eigenvalue weighted by molar-refractivity contribution is 5.31. The smallest absolute Gasteiger partial charge is 0.239 e. The molecule has 84 valence electrons. The maximum atomic E-state index is 10.8. The zero-order chi connectivity index (χ0) is 11.4. The monoisotopic (exact) mass is 220 g/mol. The molecule has 5 heteroatoms. The van der Waals surface area contributed by atoms with Crippen LogP contribution in [0.25, 0.3) is 5.69 Å². The molecule has 0 unspecified atom stereocenters. The predicted octanol–water partition coefficient (Wildman–Crippen LogP) is 0.814. The zero-order valence-corrected chi connectivity index (χ0v) is 8.92. The van der Waals surface area contributed by atoms with Gasteiger partial charge >= 0.3 is 0 Å². The number of aromatic nitrogens is 2. The summed E-state index contributed by atoms with van der Waals surface area (Å²) in [7, 11) is 0. The van der Waals surface area contributed by atoms with E-state index in [0.717, 1.165) is 17.9 Å². The molecule has 0 aliphatic carbocycles. The van der Waals surface area contributed by atoms with E-state index in [1.54, 1.807) is 0 Å². The van der Waals surface area contributed by atoms with Crippen LogP contribution in [0.4, 0.5) is 0 Å². The van der Waals surface area contributed by atoms with Crippen LogP contribution < -0.4 is 14.5 Å². The Bertz CT molecular complexity index is 451. The van der Waals surface area contributed by atoms with Crippen LogP contribution in [0, 0.1) is 0 Å². The molecule has 2 aromatic rings. The normalized spacial score (nSPS) is 10.3. The van der Waals surface area contributed by atoms with E-state index in [1.807, 2.05) is 24.3 Å². The highest BCUT2D eigenvalue weighted by atomic mass is 16.6. The van der Waals surface area contributed by atoms with Crippen molar-refractivity contribution in [2.45, 2.75) is 13.3 Å². The van der Waals surface area contributed by atoms with Crippen molar-refractivity contribution in [2.75, 3.05) is 6.61 Å². The van der Waals surface area contributed by atoms with Gasteiger partial charge < -0.3 is 14.4 Å². The molecule has 1 aromatic carbocycles. The summed E-state index contributed by atoms with van der Waals surface area (Å²) < 4.78 is 11.3. The fourth-order valence-electron chi connectivity index (χ4n) is 1.27. The molecule has 0 bridgehead atoms. The quantitative estimate of drug-likeness (QED) is 0.715. The molecule has 0 fully saturated rings. The Labute approximate surface area is 92.9 Å². The molecule has 0 aliphatic heterocycles. The van der Waals surface area contributed by atoms with Gasteiger partial charge in [-0.3, -0.25) is 0 Å². The Morgan fingerprint density at radius 3 is 2.69 bits per heavy atom. The van der Waals surface area contributed by atoms with E-state index in [2.05, 4.69) is 16.7 Å². The minimum Gasteiger partial charge on any atom is -0.539 e. The molecule has 0 atom stereocenters. The first-order valence-corrected chi connectivity index (χ1v) is 5.08. The fourth-order valence-corrected chi connectivity index (χ4v) is 1.27. The van der Waals surface area contributed by atoms with E-state index in [1.165, 1.54) is 10.9 Å². The third-order valence-corrected chi connectivity index (χ3v) is 2.02. The second-order valence-electron chi connectivity index (χ2n) is 3.31. The average molecular weight is 220 g/mol. The lowest BCUT2D eigenvalue weighted by molar-refractivity contribution is -0.670. The van der Waals surface area contributed by atoms with Crippen molar-refractivity contribution >= 4 is 0 Å². The van der Waals surface area contributed by atoms with Crippen molar-refractivity contribution in [3.8, 4) is 17.4 Å². The van der Waals surface area contributed by atoms with E-state index < -0.39 is 5.95 Å². The molecule has 0 aliphatic rings. The van der Waals surface area contributed by atoms with Gasteiger partial charge in [-0.05, 0) is 23.2 Å². The standard InChI is InChI=1S/C11H12N2O3/c1-2-7-15-10-5-3-9(4-6-10)13-8-11(14)16-12-13/h3-6,8H,2,7H2,1H3. The predicted molar refractivity (Wildman–Crippen MR) is 53.3 cm³/mol. The number of benzene rings is 1. The number of hydrogen-bond donors (Lipinski definition) is 0. The SMILES string of the molecule is CCCOc1ccc(-[n+]2cc([O-])on2)cc1. The fraction of sp³-hybridized carbons (Fsp3) is 0.273. The molecule has 0 amide bonds. The van der Waals surface area contributed by atoms with Crippen LogP contribution in [-0.2, 0) is 0 Å². The lowest BCUT2D eigenvalue weighted by Crippen LogP contribution is -2.31. The van der Waals surface area contributed by atoms with Gasteiger partial charge in [0.1, 0.15) is 11.7 Å². The molecule has 1 heterocycles. The second kappa shape index (κ2) is 4.65. The zero-order valence-electron chi connectivity index (χ0n) is 8.92. The highest BCUT2D eigenvalue weighted by Gasteiger charge is 2.08. The van der Waals surface area contributed by atoms with Crippen LogP contribution >= 0.6 is 0 Å². The number of ether oxygens (including phenoxy) is 1. The van der Waals surface area contributed by atoms with E-state index >= 15 is 0 Å². The Hall–Kier alpha value is -2.04. The molecule has 0 radical (unpaired) electrons. The number of rotatable bonds is 4. The molecule has 0 saturated heterocycles. The molecule has 2 rings (SSSR count). The van der Waals surface area contributed by atoms with Gasteiger partial charge in [0.15, 0.2) is 0 Å². The summed E-state index contributed by atoms with van der Waals surface area (Å²) in [5, 5.41) is 14.4. The van der Waals surface area contributed by atoms with Gasteiger partial charge in [-0.15, -0.1) is 0 Å². The molecule has 0 spiro atoms. The van der Waals surface area contributed by atoms with E-state index in [-0.39, 0.29) is 0 Å². The number of nitrogens with zero attached hydrogens (tertiary/aromatic N) is 2. The largest absolute Gasteiger partial charge is 0.539 e. The maximum absolute atomic E-state index is 10.8. The van der Waals surface area contributed by atoms with Crippen molar-refractivity contribution in [2.24, 2.45) is 0 Å². The average Bonchev–Trinajstić information content (AvgIpc) is 2.74. The van der Waals surface area contributed by atoms with Crippen LogP contribution in [0.15, 0.2) is 35.0 Å². The van der Waals surface area contributed by atoms with E-state index in [0.29, 0.717) is 6.61 Å². The van der Waals surface area contributed by atoms with Crippen LogP contribution in [0.5, 0.6) is 11.7 Å². The van der Waals surface area contributed by atoms with E-state index in [9.17, 15) is 5.11 Å². The molecule has 1 aromatic heterocycles. The van der Waals surface area contributed by atoms with Crippen molar-refractivity contribution in [3.63, 3.8) is 0 Å². The molecular formula is C11H12N2O3. The summed E-state index contributed by atoms with van der Waals surface area (Å²) in [6, 6.07) is 7.29. The van der Waals surface area contributed by atoms with Crippen LogP contribution in [0.2, 0.25) is 0 Å². The first-order valence-electron chi connectivity index (χ1n) is 5.08. The summed E-state index contributed by atoms with van der Waals surface area (Å²) >= 11 is 0. The van der Waals surface area contributed by atoms with Crippen LogP contribution in [0.3, 0.4) is 0 Å². The van der Waals surface area contributed by atoms with Crippen molar-refractivity contribution < 1.29 is 19.0 Å². The molecular weight excluding hydrogens is 208 g/mol. The Kier molecular flexibility index (Phi) is 3.05. The lowest BCUT2D eigenvalue weighted by Gasteiger charge is -2.02. The minimum absolute atomic E-state index is 0.466. The lowest BCUT2D eigenvalue weighted by atomic mass is 10.3. The van der Waals surface area contributed by atoms with Crippen LogP contribution in [-0.4, -0.2) is 11.9 Å². The highest BCUT2D eigenvalue weighted by Crippen LogP contribution is 2.12. The van der Waals surface area contributed by atoms with Crippen molar-refractivity contribution in [3.05, 3.63) is 30.5 Å². The third kappa shape index (κ3) is 2.31. The first-order chi connectivity index (χ1) is 7.79. The van der Waals surface area contributed by atoms with Gasteiger partial charge in [-0.1, -0.05) is 6.92 Å². The van der Waals surface area contributed by atoms with Gasteiger partial charge in [0.05, 0.1) is 11.9 Å². The van der Waals surface area contributed by atoms with E-state index in [4.69, 9.17) is 4.74 Å². The summed E-state index contributed by atoms with van der Waals surface area (Å²) in [6.07, 6.45) is 2.25. The summed E-state index contributed by atoms with van der Waals surface area (Å²) in [5.74, 6) is 0.336. The first kappa shape index (κ1) is 10.5. The third-order valence-electron chi connectivity index (χ3n) is 2.02.